The first-order valence-corrected chi connectivity index (χ1v) is 15.4. The van der Waals surface area contributed by atoms with E-state index in [0.717, 1.165) is 11.8 Å². The van der Waals surface area contributed by atoms with Crippen LogP contribution in [0, 0.1) is 22.7 Å². The molecule has 2 aromatic carbocycles. The molecule has 2 saturated carbocycles. The van der Waals surface area contributed by atoms with E-state index in [1.54, 1.807) is 22.3 Å². The summed E-state index contributed by atoms with van der Waals surface area (Å²) in [5.74, 6) is 1.47. The van der Waals surface area contributed by atoms with Gasteiger partial charge in [-0.2, -0.15) is 0 Å². The molecule has 2 fully saturated rings. The Balaban J connectivity index is 1.53. The Morgan fingerprint density at radius 3 is 1.29 bits per heavy atom. The van der Waals surface area contributed by atoms with Crippen LogP contribution >= 0.6 is 0 Å². The van der Waals surface area contributed by atoms with Crippen molar-refractivity contribution in [3.8, 4) is 11.1 Å². The lowest BCUT2D eigenvalue weighted by atomic mass is 9.55. The Kier molecular flexibility index (Phi) is 7.11. The molecule has 0 radical (unpaired) electrons. The Morgan fingerprint density at radius 2 is 0.947 bits per heavy atom. The van der Waals surface area contributed by atoms with E-state index in [9.17, 15) is 0 Å². The lowest BCUT2D eigenvalue weighted by Crippen LogP contribution is -2.43. The minimum atomic E-state index is 0.205. The predicted octanol–water partition coefficient (Wildman–Crippen LogP) is 11.2. The molecule has 0 heterocycles. The van der Waals surface area contributed by atoms with Gasteiger partial charge in [0.2, 0.25) is 0 Å². The van der Waals surface area contributed by atoms with Gasteiger partial charge >= 0.3 is 0 Å². The van der Waals surface area contributed by atoms with Crippen LogP contribution in [0.25, 0.3) is 11.1 Å². The van der Waals surface area contributed by atoms with Gasteiger partial charge < -0.3 is 0 Å². The van der Waals surface area contributed by atoms with E-state index in [-0.39, 0.29) is 10.8 Å². The van der Waals surface area contributed by atoms with E-state index in [1.807, 2.05) is 0 Å². The molecule has 3 aliphatic carbocycles. The van der Waals surface area contributed by atoms with Crippen LogP contribution in [0.2, 0.25) is 0 Å². The second-order valence-corrected chi connectivity index (χ2v) is 15.9. The van der Waals surface area contributed by atoms with Crippen LogP contribution in [-0.2, 0) is 10.8 Å². The highest BCUT2D eigenvalue weighted by molar-refractivity contribution is 5.80. The number of fused-ring (bicyclic) bond motifs is 3. The summed E-state index contributed by atoms with van der Waals surface area (Å²) < 4.78 is 0. The summed E-state index contributed by atoms with van der Waals surface area (Å²) in [4.78, 5) is 0. The second-order valence-electron chi connectivity index (χ2n) is 15.9. The summed E-state index contributed by atoms with van der Waals surface area (Å²) in [5.41, 5.74) is 10.9. The third kappa shape index (κ3) is 5.10. The average molecular weight is 509 g/mol. The molecule has 38 heavy (non-hydrogen) atoms. The van der Waals surface area contributed by atoms with E-state index in [1.165, 1.54) is 62.5 Å². The topological polar surface area (TPSA) is 0 Å². The van der Waals surface area contributed by atoms with Crippen LogP contribution in [0.4, 0.5) is 0 Å². The smallest absolute Gasteiger partial charge is 0.0136 e. The van der Waals surface area contributed by atoms with E-state index in [0.29, 0.717) is 10.8 Å². The molecule has 204 valence electrons. The normalized spacial score (nSPS) is 25.8. The van der Waals surface area contributed by atoms with E-state index in [4.69, 9.17) is 0 Å². The van der Waals surface area contributed by atoms with Crippen molar-refractivity contribution < 1.29 is 0 Å². The maximum atomic E-state index is 2.67. The molecule has 2 aromatic rings. The first-order chi connectivity index (χ1) is 17.8. The Labute approximate surface area is 234 Å². The summed E-state index contributed by atoms with van der Waals surface area (Å²) in [6.07, 6.45) is 15.3. The molecular weight excluding hydrogens is 456 g/mol. The quantitative estimate of drug-likeness (QED) is 0.340. The third-order valence-corrected chi connectivity index (χ3v) is 9.75. The van der Waals surface area contributed by atoms with Crippen LogP contribution < -0.4 is 0 Å². The molecule has 0 bridgehead atoms. The molecule has 0 spiro atoms. The molecule has 0 heteroatoms. The van der Waals surface area contributed by atoms with Gasteiger partial charge in [-0.3, -0.25) is 0 Å². The van der Waals surface area contributed by atoms with Crippen molar-refractivity contribution >= 4 is 0 Å². The van der Waals surface area contributed by atoms with Crippen molar-refractivity contribution in [3.63, 3.8) is 0 Å². The lowest BCUT2D eigenvalue weighted by Gasteiger charge is -2.47. The van der Waals surface area contributed by atoms with Gasteiger partial charge in [0, 0.05) is 10.8 Å². The maximum Gasteiger partial charge on any atom is 0.0136 e. The molecule has 0 amide bonds. The number of benzene rings is 2. The van der Waals surface area contributed by atoms with Gasteiger partial charge in [-0.15, -0.1) is 0 Å². The fraction of sp³-hybridized carbons (Fsp3) is 0.579. The largest absolute Gasteiger partial charge is 0.0850 e. The van der Waals surface area contributed by atoms with Crippen molar-refractivity contribution in [3.05, 3.63) is 83.0 Å². The Hall–Kier alpha value is -2.08. The minimum absolute atomic E-state index is 0.205. The fourth-order valence-electron chi connectivity index (χ4n) is 8.93. The van der Waals surface area contributed by atoms with Gasteiger partial charge in [-0.05, 0) is 96.3 Å². The van der Waals surface area contributed by atoms with E-state index >= 15 is 0 Å². The van der Waals surface area contributed by atoms with Gasteiger partial charge in [0.25, 0.3) is 0 Å². The Morgan fingerprint density at radius 1 is 0.605 bits per heavy atom. The number of hydrogen-bond acceptors (Lipinski definition) is 0. The summed E-state index contributed by atoms with van der Waals surface area (Å²) in [6.45, 7) is 19.2. The molecule has 2 unspecified atom stereocenters. The Bertz CT molecular complexity index is 1110. The van der Waals surface area contributed by atoms with Gasteiger partial charge in [0.15, 0.2) is 0 Å². The summed E-state index contributed by atoms with van der Waals surface area (Å²) >= 11 is 0. The molecule has 0 nitrogen and oxygen atoms in total. The zero-order valence-corrected chi connectivity index (χ0v) is 25.6. The molecule has 0 aromatic heterocycles. The molecule has 0 N–H and O–H groups in total. The summed E-state index contributed by atoms with van der Waals surface area (Å²) in [5, 5.41) is 0. The van der Waals surface area contributed by atoms with Crippen LogP contribution in [0.3, 0.4) is 0 Å². The maximum absolute atomic E-state index is 2.67. The average Bonchev–Trinajstić information content (AvgIpc) is 3.31. The molecular formula is C38H52. The number of hydrogen-bond donors (Lipinski definition) is 0. The molecule has 3 aliphatic rings. The molecule has 5 rings (SSSR count). The van der Waals surface area contributed by atoms with Crippen molar-refractivity contribution in [2.45, 2.75) is 118 Å². The predicted molar refractivity (Wildman–Crippen MR) is 166 cm³/mol. The van der Waals surface area contributed by atoms with Crippen LogP contribution in [0.15, 0.2) is 71.8 Å². The lowest BCUT2D eigenvalue weighted by molar-refractivity contribution is 0.299. The van der Waals surface area contributed by atoms with Crippen molar-refractivity contribution in [2.24, 2.45) is 22.7 Å². The first-order valence-electron chi connectivity index (χ1n) is 15.4. The van der Waals surface area contributed by atoms with Gasteiger partial charge in [0.05, 0.1) is 0 Å². The van der Waals surface area contributed by atoms with Crippen LogP contribution in [0.5, 0.6) is 0 Å². The fourth-order valence-corrected chi connectivity index (χ4v) is 8.93. The minimum Gasteiger partial charge on any atom is -0.0850 e. The second kappa shape index (κ2) is 9.83. The van der Waals surface area contributed by atoms with Crippen LogP contribution in [0.1, 0.15) is 118 Å². The van der Waals surface area contributed by atoms with Gasteiger partial charge in [-0.25, -0.2) is 0 Å². The SMILES string of the molecule is CC(CC=C1CC23CC(=CCC(C)CC(C)(C)C)CC2(C1)c1ccccc1-c1ccccc13)CC(C)(C)C. The molecule has 0 aliphatic heterocycles. The van der Waals surface area contributed by atoms with E-state index in [2.05, 4.69) is 116 Å². The monoisotopic (exact) mass is 508 g/mol. The highest BCUT2D eigenvalue weighted by Gasteiger charge is 2.64. The van der Waals surface area contributed by atoms with Crippen molar-refractivity contribution in [2.75, 3.05) is 0 Å². The summed E-state index contributed by atoms with van der Waals surface area (Å²) in [6, 6.07) is 18.9. The zero-order chi connectivity index (χ0) is 27.3. The highest BCUT2D eigenvalue weighted by atomic mass is 14.7. The van der Waals surface area contributed by atoms with E-state index < -0.39 is 0 Å². The first kappa shape index (κ1) is 27.5. The molecule has 0 saturated heterocycles. The standard InChI is InChI=1S/C38H52/c1-27(21-35(3,4)5)17-19-29-23-37-25-30(20-18-28(2)22-36(6,7)8)26-38(37,24-29)34-16-12-10-14-32(34)31-13-9-11-15-33(31)37/h9-16,19-20,27-28H,17-18,21-26H2,1-8H3. The van der Waals surface area contributed by atoms with Gasteiger partial charge in [-0.1, -0.05) is 127 Å². The van der Waals surface area contributed by atoms with Crippen molar-refractivity contribution in [1.82, 2.24) is 0 Å². The van der Waals surface area contributed by atoms with Crippen LogP contribution in [-0.4, -0.2) is 0 Å². The summed E-state index contributed by atoms with van der Waals surface area (Å²) in [7, 11) is 0. The third-order valence-electron chi connectivity index (χ3n) is 9.75. The van der Waals surface area contributed by atoms with Gasteiger partial charge in [0.1, 0.15) is 0 Å². The zero-order valence-electron chi connectivity index (χ0n) is 25.6. The number of rotatable bonds is 6. The highest BCUT2D eigenvalue weighted by Crippen LogP contribution is 2.71. The molecule has 2 atom stereocenters. The van der Waals surface area contributed by atoms with Crippen molar-refractivity contribution in [1.29, 1.82) is 0 Å². The number of allylic oxidation sites excluding steroid dienone is 4.